The van der Waals surface area contributed by atoms with Crippen molar-refractivity contribution in [3.8, 4) is 5.75 Å². The summed E-state index contributed by atoms with van der Waals surface area (Å²) < 4.78 is 5.40. The molecule has 1 atom stereocenters. The number of para-hydroxylation sites is 2. The van der Waals surface area contributed by atoms with E-state index in [1.165, 1.54) is 0 Å². The van der Waals surface area contributed by atoms with Crippen molar-refractivity contribution in [3.63, 3.8) is 0 Å². The number of rotatable bonds is 5. The first-order valence-corrected chi connectivity index (χ1v) is 8.74. The number of hydrogen-bond acceptors (Lipinski definition) is 4. The number of amides is 3. The fourth-order valence-corrected chi connectivity index (χ4v) is 3.14. The molecule has 0 aromatic heterocycles. The molecule has 1 aromatic rings. The van der Waals surface area contributed by atoms with E-state index < -0.39 is 6.04 Å². The lowest BCUT2D eigenvalue weighted by Crippen LogP contribution is -2.45. The molecule has 2 aliphatic heterocycles. The standard InChI is InChI=1S/C18H23N3O4/c22-16(20-13-6-3-4-10-19-18(13)24)9-5-11-21-14-7-1-2-8-15(14)25-12-17(21)23/h1-2,7-8,13H,3-6,9-12H2,(H,19,24)(H,20,22)/t13-/m0/s1. The molecule has 2 heterocycles. The van der Waals surface area contributed by atoms with Gasteiger partial charge in [-0.05, 0) is 37.8 Å². The van der Waals surface area contributed by atoms with Gasteiger partial charge in [0.2, 0.25) is 11.8 Å². The van der Waals surface area contributed by atoms with Gasteiger partial charge in [0.1, 0.15) is 11.8 Å². The van der Waals surface area contributed by atoms with Crippen molar-refractivity contribution < 1.29 is 19.1 Å². The molecule has 7 nitrogen and oxygen atoms in total. The summed E-state index contributed by atoms with van der Waals surface area (Å²) in [6, 6.07) is 6.93. The van der Waals surface area contributed by atoms with Gasteiger partial charge in [-0.2, -0.15) is 0 Å². The molecule has 0 spiro atoms. The third-order valence-electron chi connectivity index (χ3n) is 4.46. The zero-order valence-electron chi connectivity index (χ0n) is 14.1. The molecule has 0 bridgehead atoms. The Hall–Kier alpha value is -2.57. The second kappa shape index (κ2) is 8.00. The van der Waals surface area contributed by atoms with Crippen LogP contribution in [0.5, 0.6) is 5.75 Å². The van der Waals surface area contributed by atoms with E-state index in [4.69, 9.17) is 4.74 Å². The molecule has 7 heteroatoms. The van der Waals surface area contributed by atoms with Gasteiger partial charge in [0.15, 0.2) is 6.61 Å². The zero-order chi connectivity index (χ0) is 17.6. The Morgan fingerprint density at radius 2 is 2.12 bits per heavy atom. The van der Waals surface area contributed by atoms with Crippen LogP contribution >= 0.6 is 0 Å². The van der Waals surface area contributed by atoms with Gasteiger partial charge in [-0.15, -0.1) is 0 Å². The van der Waals surface area contributed by atoms with Gasteiger partial charge >= 0.3 is 0 Å². The molecule has 1 saturated heterocycles. The summed E-state index contributed by atoms with van der Waals surface area (Å²) in [7, 11) is 0. The molecule has 0 unspecified atom stereocenters. The third kappa shape index (κ3) is 4.29. The molecule has 1 aromatic carbocycles. The van der Waals surface area contributed by atoms with Gasteiger partial charge < -0.3 is 20.3 Å². The highest BCUT2D eigenvalue weighted by Crippen LogP contribution is 2.31. The summed E-state index contributed by atoms with van der Waals surface area (Å²) in [6.45, 7) is 1.14. The van der Waals surface area contributed by atoms with E-state index in [2.05, 4.69) is 10.6 Å². The van der Waals surface area contributed by atoms with Gasteiger partial charge in [-0.1, -0.05) is 12.1 Å². The van der Waals surface area contributed by atoms with Crippen LogP contribution in [0.4, 0.5) is 5.69 Å². The monoisotopic (exact) mass is 345 g/mol. The number of carbonyl (C=O) groups excluding carboxylic acids is 3. The quantitative estimate of drug-likeness (QED) is 0.833. The number of hydrogen-bond donors (Lipinski definition) is 2. The van der Waals surface area contributed by atoms with Gasteiger partial charge in [0, 0.05) is 19.5 Å². The van der Waals surface area contributed by atoms with E-state index in [1.54, 1.807) is 4.90 Å². The Balaban J connectivity index is 1.50. The molecule has 0 radical (unpaired) electrons. The molecule has 25 heavy (non-hydrogen) atoms. The number of benzene rings is 1. The van der Waals surface area contributed by atoms with Crippen LogP contribution in [-0.2, 0) is 14.4 Å². The topological polar surface area (TPSA) is 87.7 Å². The fraction of sp³-hybridized carbons (Fsp3) is 0.500. The molecule has 2 N–H and O–H groups in total. The summed E-state index contributed by atoms with van der Waals surface area (Å²) in [5, 5.41) is 5.60. The van der Waals surface area contributed by atoms with Crippen LogP contribution in [0.25, 0.3) is 0 Å². The van der Waals surface area contributed by atoms with Crippen molar-refractivity contribution in [1.29, 1.82) is 0 Å². The van der Waals surface area contributed by atoms with Crippen molar-refractivity contribution in [2.45, 2.75) is 38.1 Å². The highest BCUT2D eigenvalue weighted by atomic mass is 16.5. The lowest BCUT2D eigenvalue weighted by atomic mass is 10.1. The number of ether oxygens (including phenoxy) is 1. The maximum Gasteiger partial charge on any atom is 0.265 e. The molecule has 2 aliphatic rings. The van der Waals surface area contributed by atoms with E-state index in [0.717, 1.165) is 18.5 Å². The second-order valence-electron chi connectivity index (χ2n) is 6.31. The van der Waals surface area contributed by atoms with Crippen molar-refractivity contribution in [2.75, 3.05) is 24.6 Å². The van der Waals surface area contributed by atoms with Crippen LogP contribution in [-0.4, -0.2) is 43.5 Å². The van der Waals surface area contributed by atoms with Crippen molar-refractivity contribution in [3.05, 3.63) is 24.3 Å². The summed E-state index contributed by atoms with van der Waals surface area (Å²) in [4.78, 5) is 37.7. The minimum atomic E-state index is -0.444. The number of fused-ring (bicyclic) bond motifs is 1. The highest BCUT2D eigenvalue weighted by molar-refractivity contribution is 5.97. The van der Waals surface area contributed by atoms with E-state index in [1.807, 2.05) is 24.3 Å². The predicted octanol–water partition coefficient (Wildman–Crippen LogP) is 0.977. The van der Waals surface area contributed by atoms with Crippen molar-refractivity contribution >= 4 is 23.4 Å². The van der Waals surface area contributed by atoms with Crippen LogP contribution in [0.3, 0.4) is 0 Å². The molecular weight excluding hydrogens is 322 g/mol. The zero-order valence-corrected chi connectivity index (χ0v) is 14.1. The van der Waals surface area contributed by atoms with Crippen LogP contribution in [0.2, 0.25) is 0 Å². The Bertz CT molecular complexity index is 661. The molecule has 0 saturated carbocycles. The van der Waals surface area contributed by atoms with E-state index in [-0.39, 0.29) is 30.7 Å². The normalized spacial score (nSPS) is 20.2. The lowest BCUT2D eigenvalue weighted by Gasteiger charge is -2.29. The SMILES string of the molecule is O=C(CCCN1C(=O)COc2ccccc21)N[C@H]1CCCCNC1=O. The average Bonchev–Trinajstić information content (AvgIpc) is 2.81. The van der Waals surface area contributed by atoms with Crippen molar-refractivity contribution in [1.82, 2.24) is 10.6 Å². The number of nitrogens with zero attached hydrogens (tertiary/aromatic N) is 1. The van der Waals surface area contributed by atoms with Crippen LogP contribution < -0.4 is 20.3 Å². The molecule has 3 amide bonds. The van der Waals surface area contributed by atoms with Gasteiger partial charge in [-0.3, -0.25) is 14.4 Å². The first-order chi connectivity index (χ1) is 12.1. The van der Waals surface area contributed by atoms with Crippen LogP contribution in [0.1, 0.15) is 32.1 Å². The Morgan fingerprint density at radius 1 is 1.28 bits per heavy atom. The minimum absolute atomic E-state index is 0.0193. The molecular formula is C18H23N3O4. The summed E-state index contributed by atoms with van der Waals surface area (Å²) in [6.07, 6.45) is 3.34. The van der Waals surface area contributed by atoms with Gasteiger partial charge in [-0.25, -0.2) is 0 Å². The Kier molecular flexibility index (Phi) is 5.53. The number of nitrogens with one attached hydrogen (secondary N) is 2. The minimum Gasteiger partial charge on any atom is -0.482 e. The van der Waals surface area contributed by atoms with E-state index in [0.29, 0.717) is 31.7 Å². The van der Waals surface area contributed by atoms with Crippen LogP contribution in [0.15, 0.2) is 24.3 Å². The molecule has 1 fully saturated rings. The fourth-order valence-electron chi connectivity index (χ4n) is 3.14. The Morgan fingerprint density at radius 3 is 3.00 bits per heavy atom. The van der Waals surface area contributed by atoms with Crippen LogP contribution in [0, 0.1) is 0 Å². The second-order valence-corrected chi connectivity index (χ2v) is 6.31. The van der Waals surface area contributed by atoms with Crippen molar-refractivity contribution in [2.24, 2.45) is 0 Å². The Labute approximate surface area is 146 Å². The largest absolute Gasteiger partial charge is 0.482 e. The third-order valence-corrected chi connectivity index (χ3v) is 4.46. The molecule has 0 aliphatic carbocycles. The van der Waals surface area contributed by atoms with Gasteiger partial charge in [0.25, 0.3) is 5.91 Å². The lowest BCUT2D eigenvalue weighted by molar-refractivity contribution is -0.128. The summed E-state index contributed by atoms with van der Waals surface area (Å²) in [5.41, 5.74) is 0.738. The molecule has 134 valence electrons. The first-order valence-electron chi connectivity index (χ1n) is 8.74. The smallest absolute Gasteiger partial charge is 0.265 e. The predicted molar refractivity (Wildman–Crippen MR) is 92.3 cm³/mol. The molecule has 3 rings (SSSR count). The first kappa shape index (κ1) is 17.3. The average molecular weight is 345 g/mol. The number of anilines is 1. The maximum absolute atomic E-state index is 12.1. The van der Waals surface area contributed by atoms with Gasteiger partial charge in [0.05, 0.1) is 5.69 Å². The van der Waals surface area contributed by atoms with E-state index >= 15 is 0 Å². The summed E-state index contributed by atoms with van der Waals surface area (Å²) >= 11 is 0. The highest BCUT2D eigenvalue weighted by Gasteiger charge is 2.25. The maximum atomic E-state index is 12.1. The number of carbonyl (C=O) groups is 3. The van der Waals surface area contributed by atoms with E-state index in [9.17, 15) is 14.4 Å². The summed E-state index contributed by atoms with van der Waals surface area (Å²) in [5.74, 6) is 0.308.